The number of imidazole rings is 1. The Morgan fingerprint density at radius 1 is 1.60 bits per heavy atom. The molecule has 0 aliphatic heterocycles. The van der Waals surface area contributed by atoms with Gasteiger partial charge in [0.1, 0.15) is 12.1 Å². The SMILES string of the molecule is CCc1nc(Cl)c2cc(CC=O)ccn12. The molecule has 2 rings (SSSR count). The van der Waals surface area contributed by atoms with E-state index in [4.69, 9.17) is 11.6 Å². The molecule has 15 heavy (non-hydrogen) atoms. The van der Waals surface area contributed by atoms with Crippen molar-refractivity contribution >= 4 is 23.4 Å². The van der Waals surface area contributed by atoms with E-state index in [1.807, 2.05) is 29.7 Å². The minimum absolute atomic E-state index is 0.416. The minimum atomic E-state index is 0.416. The molecule has 0 saturated carbocycles. The predicted octanol–water partition coefficient (Wildman–Crippen LogP) is 2.29. The van der Waals surface area contributed by atoms with Gasteiger partial charge in [-0.3, -0.25) is 0 Å². The van der Waals surface area contributed by atoms with Crippen LogP contribution in [0.2, 0.25) is 5.15 Å². The van der Waals surface area contributed by atoms with E-state index in [-0.39, 0.29) is 0 Å². The number of pyridine rings is 1. The van der Waals surface area contributed by atoms with Gasteiger partial charge < -0.3 is 9.20 Å². The Morgan fingerprint density at radius 3 is 3.07 bits per heavy atom. The summed E-state index contributed by atoms with van der Waals surface area (Å²) in [7, 11) is 0. The Morgan fingerprint density at radius 2 is 2.40 bits per heavy atom. The maximum absolute atomic E-state index is 10.4. The number of aldehydes is 1. The zero-order valence-corrected chi connectivity index (χ0v) is 9.16. The van der Waals surface area contributed by atoms with E-state index < -0.39 is 0 Å². The Bertz CT molecular complexity index is 505. The fourth-order valence-corrected chi connectivity index (χ4v) is 1.87. The summed E-state index contributed by atoms with van der Waals surface area (Å²) in [5, 5.41) is 0.500. The molecule has 0 amide bonds. The number of hydrogen-bond donors (Lipinski definition) is 0. The number of carbonyl (C=O) groups is 1. The van der Waals surface area contributed by atoms with Crippen LogP contribution in [0.3, 0.4) is 0 Å². The van der Waals surface area contributed by atoms with E-state index in [2.05, 4.69) is 4.98 Å². The molecule has 0 aromatic carbocycles. The van der Waals surface area contributed by atoms with Gasteiger partial charge in [0.2, 0.25) is 0 Å². The number of fused-ring (bicyclic) bond motifs is 1. The van der Waals surface area contributed by atoms with E-state index in [0.29, 0.717) is 11.6 Å². The van der Waals surface area contributed by atoms with E-state index >= 15 is 0 Å². The molecular weight excluding hydrogens is 212 g/mol. The molecule has 4 heteroatoms. The van der Waals surface area contributed by atoms with Crippen LogP contribution < -0.4 is 0 Å². The maximum Gasteiger partial charge on any atom is 0.155 e. The van der Waals surface area contributed by atoms with Gasteiger partial charge in [0, 0.05) is 19.0 Å². The average molecular weight is 223 g/mol. The Balaban J connectivity index is 2.61. The number of carbonyl (C=O) groups excluding carboxylic acids is 1. The van der Waals surface area contributed by atoms with Crippen molar-refractivity contribution in [3.05, 3.63) is 34.9 Å². The van der Waals surface area contributed by atoms with Gasteiger partial charge in [-0.2, -0.15) is 0 Å². The summed E-state index contributed by atoms with van der Waals surface area (Å²) in [5.74, 6) is 0.938. The van der Waals surface area contributed by atoms with Crippen LogP contribution in [0.15, 0.2) is 18.3 Å². The lowest BCUT2D eigenvalue weighted by Gasteiger charge is -2.00. The van der Waals surface area contributed by atoms with Gasteiger partial charge in [-0.15, -0.1) is 0 Å². The summed E-state index contributed by atoms with van der Waals surface area (Å²) in [6.07, 6.45) is 4.04. The molecule has 2 aromatic rings. The third kappa shape index (κ3) is 1.75. The minimum Gasteiger partial charge on any atom is -0.303 e. The molecule has 2 heterocycles. The zero-order valence-electron chi connectivity index (χ0n) is 8.40. The molecule has 0 spiro atoms. The van der Waals surface area contributed by atoms with E-state index in [9.17, 15) is 4.79 Å². The normalized spacial score (nSPS) is 10.8. The third-order valence-electron chi connectivity index (χ3n) is 2.37. The van der Waals surface area contributed by atoms with Crippen molar-refractivity contribution in [2.45, 2.75) is 19.8 Å². The highest BCUT2D eigenvalue weighted by Gasteiger charge is 2.07. The molecule has 0 radical (unpaired) electrons. The highest BCUT2D eigenvalue weighted by molar-refractivity contribution is 6.32. The number of hydrogen-bond acceptors (Lipinski definition) is 2. The first kappa shape index (κ1) is 10.2. The zero-order chi connectivity index (χ0) is 10.8. The first-order valence-electron chi connectivity index (χ1n) is 4.85. The van der Waals surface area contributed by atoms with Gasteiger partial charge in [0.15, 0.2) is 5.15 Å². The van der Waals surface area contributed by atoms with Gasteiger partial charge in [0.05, 0.1) is 5.52 Å². The lowest BCUT2D eigenvalue weighted by atomic mass is 10.2. The molecule has 0 N–H and O–H groups in total. The smallest absolute Gasteiger partial charge is 0.155 e. The lowest BCUT2D eigenvalue weighted by Crippen LogP contribution is -1.93. The Labute approximate surface area is 92.7 Å². The molecule has 0 unspecified atom stereocenters. The molecule has 0 aliphatic rings. The van der Waals surface area contributed by atoms with Gasteiger partial charge in [-0.1, -0.05) is 18.5 Å². The number of aromatic nitrogens is 2. The summed E-state index contributed by atoms with van der Waals surface area (Å²) in [5.41, 5.74) is 1.83. The number of nitrogens with zero attached hydrogens (tertiary/aromatic N) is 2. The standard InChI is InChI=1S/C11H11ClN2O/c1-2-10-13-11(12)9-7-8(4-6-15)3-5-14(9)10/h3,5-7H,2,4H2,1H3. The molecule has 0 saturated heterocycles. The van der Waals surface area contributed by atoms with Crippen LogP contribution in [-0.4, -0.2) is 15.7 Å². The van der Waals surface area contributed by atoms with Crippen LogP contribution in [0.1, 0.15) is 18.3 Å². The van der Waals surface area contributed by atoms with Gasteiger partial charge in [-0.05, 0) is 17.7 Å². The van der Waals surface area contributed by atoms with Crippen LogP contribution in [0.4, 0.5) is 0 Å². The molecule has 0 fully saturated rings. The van der Waals surface area contributed by atoms with Crippen molar-refractivity contribution in [2.24, 2.45) is 0 Å². The van der Waals surface area contributed by atoms with Crippen LogP contribution in [0, 0.1) is 0 Å². The van der Waals surface area contributed by atoms with Crippen molar-refractivity contribution in [1.82, 2.24) is 9.38 Å². The molecule has 3 nitrogen and oxygen atoms in total. The second-order valence-electron chi connectivity index (χ2n) is 3.33. The average Bonchev–Trinajstić information content (AvgIpc) is 2.56. The van der Waals surface area contributed by atoms with Gasteiger partial charge in [0.25, 0.3) is 0 Å². The van der Waals surface area contributed by atoms with Crippen molar-refractivity contribution in [3.63, 3.8) is 0 Å². The first-order valence-corrected chi connectivity index (χ1v) is 5.23. The highest BCUT2D eigenvalue weighted by Crippen LogP contribution is 2.19. The molecule has 2 aromatic heterocycles. The molecule has 0 bridgehead atoms. The molecule has 78 valence electrons. The van der Waals surface area contributed by atoms with Crippen molar-refractivity contribution in [1.29, 1.82) is 0 Å². The fraction of sp³-hybridized carbons (Fsp3) is 0.273. The number of halogens is 1. The Hall–Kier alpha value is -1.35. The van der Waals surface area contributed by atoms with Crippen LogP contribution in [0.25, 0.3) is 5.52 Å². The summed E-state index contributed by atoms with van der Waals surface area (Å²) in [6.45, 7) is 2.03. The van der Waals surface area contributed by atoms with Crippen molar-refractivity contribution in [3.8, 4) is 0 Å². The molecular formula is C11H11ClN2O. The third-order valence-corrected chi connectivity index (χ3v) is 2.65. The van der Waals surface area contributed by atoms with Gasteiger partial charge >= 0.3 is 0 Å². The lowest BCUT2D eigenvalue weighted by molar-refractivity contribution is -0.107. The number of aryl methyl sites for hydroxylation is 1. The van der Waals surface area contributed by atoms with E-state index in [0.717, 1.165) is 29.6 Å². The van der Waals surface area contributed by atoms with E-state index in [1.54, 1.807) is 0 Å². The van der Waals surface area contributed by atoms with Crippen LogP contribution in [0.5, 0.6) is 0 Å². The Kier molecular flexibility index (Phi) is 2.73. The molecule has 0 atom stereocenters. The summed E-state index contributed by atoms with van der Waals surface area (Å²) in [4.78, 5) is 14.7. The van der Waals surface area contributed by atoms with Gasteiger partial charge in [-0.25, -0.2) is 4.98 Å². The summed E-state index contributed by atoms with van der Waals surface area (Å²) in [6, 6.07) is 3.82. The fourth-order valence-electron chi connectivity index (χ4n) is 1.62. The van der Waals surface area contributed by atoms with Crippen LogP contribution in [-0.2, 0) is 17.6 Å². The quantitative estimate of drug-likeness (QED) is 0.747. The summed E-state index contributed by atoms with van der Waals surface area (Å²) >= 11 is 6.01. The first-order chi connectivity index (χ1) is 7.26. The second kappa shape index (κ2) is 4.03. The monoisotopic (exact) mass is 222 g/mol. The topological polar surface area (TPSA) is 34.4 Å². The van der Waals surface area contributed by atoms with Crippen LogP contribution >= 0.6 is 11.6 Å². The van der Waals surface area contributed by atoms with Crippen molar-refractivity contribution in [2.75, 3.05) is 0 Å². The van der Waals surface area contributed by atoms with E-state index in [1.165, 1.54) is 0 Å². The summed E-state index contributed by atoms with van der Waals surface area (Å²) < 4.78 is 1.95. The van der Waals surface area contributed by atoms with Crippen molar-refractivity contribution < 1.29 is 4.79 Å². The number of rotatable bonds is 3. The maximum atomic E-state index is 10.4. The largest absolute Gasteiger partial charge is 0.303 e. The predicted molar refractivity (Wildman–Crippen MR) is 59.3 cm³/mol. The second-order valence-corrected chi connectivity index (χ2v) is 3.69. The molecule has 0 aliphatic carbocycles. The highest BCUT2D eigenvalue weighted by atomic mass is 35.5.